The minimum Gasteiger partial charge on any atom is -0.461 e. The van der Waals surface area contributed by atoms with Crippen molar-refractivity contribution in [1.29, 1.82) is 0 Å². The average molecular weight is 274 g/mol. The summed E-state index contributed by atoms with van der Waals surface area (Å²) < 4.78 is 10.5. The van der Waals surface area contributed by atoms with Crippen molar-refractivity contribution >= 4 is 16.9 Å². The molecule has 0 N–H and O–H groups in total. The zero-order valence-electron chi connectivity index (χ0n) is 12.1. The molecule has 20 heavy (non-hydrogen) atoms. The number of rotatable bonds is 3. The highest BCUT2D eigenvalue weighted by Crippen LogP contribution is 2.23. The first-order valence-corrected chi connectivity index (χ1v) is 6.59. The van der Waals surface area contributed by atoms with E-state index in [1.54, 1.807) is 13.8 Å². The van der Waals surface area contributed by atoms with Gasteiger partial charge >= 0.3 is 11.6 Å². The molecule has 1 aromatic heterocycles. The molecule has 0 saturated heterocycles. The van der Waals surface area contributed by atoms with Crippen LogP contribution in [0.2, 0.25) is 0 Å². The third-order valence-corrected chi connectivity index (χ3v) is 3.36. The molecule has 0 amide bonds. The third-order valence-electron chi connectivity index (χ3n) is 3.36. The van der Waals surface area contributed by atoms with Gasteiger partial charge in [0, 0.05) is 17.0 Å². The molecule has 0 unspecified atom stereocenters. The van der Waals surface area contributed by atoms with Gasteiger partial charge in [-0.1, -0.05) is 26.0 Å². The first-order valence-electron chi connectivity index (χ1n) is 6.59. The van der Waals surface area contributed by atoms with Crippen LogP contribution in [0.5, 0.6) is 0 Å². The molecule has 106 valence electrons. The van der Waals surface area contributed by atoms with Gasteiger partial charge in [0.05, 0.1) is 5.92 Å². The second kappa shape index (κ2) is 5.49. The molecular weight excluding hydrogens is 256 g/mol. The lowest BCUT2D eigenvalue weighted by atomic mass is 10.0. The topological polar surface area (TPSA) is 56.5 Å². The standard InChI is InChI=1S/C16H18O4/c1-9(2)16(18)19-8-12-7-14(17)20-15-11(4)10(3)5-6-13(12)15/h5-7,9H,8H2,1-4H3. The quantitative estimate of drug-likeness (QED) is 0.637. The highest BCUT2D eigenvalue weighted by molar-refractivity contribution is 5.84. The molecule has 2 aromatic rings. The largest absolute Gasteiger partial charge is 0.461 e. The minimum absolute atomic E-state index is 0.0849. The summed E-state index contributed by atoms with van der Waals surface area (Å²) in [5, 5.41) is 0.809. The Morgan fingerprint density at radius 2 is 2.00 bits per heavy atom. The summed E-state index contributed by atoms with van der Waals surface area (Å²) >= 11 is 0. The zero-order chi connectivity index (χ0) is 14.9. The van der Waals surface area contributed by atoms with Crippen molar-refractivity contribution in [2.45, 2.75) is 34.3 Å². The molecule has 1 aromatic carbocycles. The van der Waals surface area contributed by atoms with Crippen LogP contribution in [0.25, 0.3) is 11.0 Å². The number of carbonyl (C=O) groups is 1. The van der Waals surface area contributed by atoms with Crippen molar-refractivity contribution in [1.82, 2.24) is 0 Å². The lowest BCUT2D eigenvalue weighted by molar-refractivity contribution is -0.148. The SMILES string of the molecule is Cc1ccc2c(COC(=O)C(C)C)cc(=O)oc2c1C. The van der Waals surface area contributed by atoms with E-state index in [1.807, 2.05) is 26.0 Å². The molecule has 2 rings (SSSR count). The number of esters is 1. The number of ether oxygens (including phenoxy) is 1. The molecule has 0 aliphatic carbocycles. The number of hydrogen-bond donors (Lipinski definition) is 0. The summed E-state index contributed by atoms with van der Waals surface area (Å²) in [4.78, 5) is 23.2. The van der Waals surface area contributed by atoms with E-state index < -0.39 is 5.63 Å². The number of benzene rings is 1. The Morgan fingerprint density at radius 3 is 2.65 bits per heavy atom. The summed E-state index contributed by atoms with van der Waals surface area (Å²) in [6.45, 7) is 7.49. The Bertz CT molecular complexity index is 710. The maximum atomic E-state index is 11.6. The molecule has 0 spiro atoms. The van der Waals surface area contributed by atoms with Gasteiger partial charge in [-0.15, -0.1) is 0 Å². The molecule has 1 heterocycles. The molecule has 0 radical (unpaired) electrons. The number of fused-ring (bicyclic) bond motifs is 1. The second-order valence-electron chi connectivity index (χ2n) is 5.24. The maximum Gasteiger partial charge on any atom is 0.336 e. The van der Waals surface area contributed by atoms with Gasteiger partial charge in [0.1, 0.15) is 12.2 Å². The van der Waals surface area contributed by atoms with Crippen LogP contribution in [0, 0.1) is 19.8 Å². The Morgan fingerprint density at radius 1 is 1.30 bits per heavy atom. The fourth-order valence-corrected chi connectivity index (χ4v) is 1.96. The van der Waals surface area contributed by atoms with E-state index in [1.165, 1.54) is 6.07 Å². The monoisotopic (exact) mass is 274 g/mol. The van der Waals surface area contributed by atoms with Gasteiger partial charge in [0.15, 0.2) is 0 Å². The van der Waals surface area contributed by atoms with E-state index in [0.717, 1.165) is 16.5 Å². The maximum absolute atomic E-state index is 11.6. The fraction of sp³-hybridized carbons (Fsp3) is 0.375. The molecule has 4 heteroatoms. The summed E-state index contributed by atoms with van der Waals surface area (Å²) in [7, 11) is 0. The Kier molecular flexibility index (Phi) is 3.93. The van der Waals surface area contributed by atoms with Crippen molar-refractivity contribution in [3.05, 3.63) is 45.3 Å². The van der Waals surface area contributed by atoms with Crippen LogP contribution in [0.4, 0.5) is 0 Å². The Hall–Kier alpha value is -2.10. The Balaban J connectivity index is 2.46. The van der Waals surface area contributed by atoms with Gasteiger partial charge in [0.25, 0.3) is 0 Å². The van der Waals surface area contributed by atoms with Gasteiger partial charge in [0.2, 0.25) is 0 Å². The van der Waals surface area contributed by atoms with E-state index in [0.29, 0.717) is 11.1 Å². The van der Waals surface area contributed by atoms with Crippen molar-refractivity contribution in [3.63, 3.8) is 0 Å². The highest BCUT2D eigenvalue weighted by Gasteiger charge is 2.13. The van der Waals surface area contributed by atoms with E-state index in [2.05, 4.69) is 0 Å². The Labute approximate surface area is 117 Å². The smallest absolute Gasteiger partial charge is 0.336 e. The normalized spacial score (nSPS) is 11.1. The van der Waals surface area contributed by atoms with Gasteiger partial charge in [-0.05, 0) is 25.0 Å². The van der Waals surface area contributed by atoms with E-state index in [9.17, 15) is 9.59 Å². The average Bonchev–Trinajstić information content (AvgIpc) is 2.40. The van der Waals surface area contributed by atoms with Crippen LogP contribution in [0.3, 0.4) is 0 Å². The molecule has 0 aliphatic heterocycles. The van der Waals surface area contributed by atoms with Crippen LogP contribution < -0.4 is 5.63 Å². The second-order valence-corrected chi connectivity index (χ2v) is 5.24. The van der Waals surface area contributed by atoms with Gasteiger partial charge in [-0.25, -0.2) is 4.79 Å². The molecule has 0 atom stereocenters. The van der Waals surface area contributed by atoms with Crippen molar-refractivity contribution in [2.75, 3.05) is 0 Å². The molecule has 0 saturated carbocycles. The van der Waals surface area contributed by atoms with E-state index in [-0.39, 0.29) is 18.5 Å². The van der Waals surface area contributed by atoms with Crippen molar-refractivity contribution in [3.8, 4) is 0 Å². The summed E-state index contributed by atoms with van der Waals surface area (Å²) in [6, 6.07) is 5.23. The van der Waals surface area contributed by atoms with Crippen LogP contribution in [0.1, 0.15) is 30.5 Å². The molecule has 0 aliphatic rings. The van der Waals surface area contributed by atoms with Crippen LogP contribution in [-0.4, -0.2) is 5.97 Å². The summed E-state index contributed by atoms with van der Waals surface area (Å²) in [5.41, 5.74) is 2.79. The predicted octanol–water partition coefficient (Wildman–Crippen LogP) is 3.11. The lowest BCUT2D eigenvalue weighted by Crippen LogP contribution is -2.12. The minimum atomic E-state index is -0.429. The number of aryl methyl sites for hydroxylation is 2. The first kappa shape index (κ1) is 14.3. The van der Waals surface area contributed by atoms with Crippen LogP contribution in [-0.2, 0) is 16.1 Å². The fourth-order valence-electron chi connectivity index (χ4n) is 1.96. The highest BCUT2D eigenvalue weighted by atomic mass is 16.5. The van der Waals surface area contributed by atoms with Crippen molar-refractivity contribution in [2.24, 2.45) is 5.92 Å². The van der Waals surface area contributed by atoms with Crippen molar-refractivity contribution < 1.29 is 13.9 Å². The molecular formula is C16H18O4. The predicted molar refractivity (Wildman–Crippen MR) is 76.6 cm³/mol. The summed E-state index contributed by atoms with van der Waals surface area (Å²) in [6.07, 6.45) is 0. The molecule has 0 fully saturated rings. The zero-order valence-corrected chi connectivity index (χ0v) is 12.1. The van der Waals surface area contributed by atoms with Gasteiger partial charge in [-0.3, -0.25) is 4.79 Å². The summed E-state index contributed by atoms with van der Waals surface area (Å²) in [5.74, 6) is -0.472. The molecule has 4 nitrogen and oxygen atoms in total. The van der Waals surface area contributed by atoms with Crippen LogP contribution >= 0.6 is 0 Å². The number of hydrogen-bond acceptors (Lipinski definition) is 4. The lowest BCUT2D eigenvalue weighted by Gasteiger charge is -2.10. The van der Waals surface area contributed by atoms with Gasteiger partial charge < -0.3 is 9.15 Å². The third kappa shape index (κ3) is 2.74. The first-order chi connectivity index (χ1) is 9.40. The van der Waals surface area contributed by atoms with E-state index in [4.69, 9.17) is 9.15 Å². The number of carbonyl (C=O) groups excluding carboxylic acids is 1. The van der Waals surface area contributed by atoms with E-state index >= 15 is 0 Å². The molecule has 0 bridgehead atoms. The van der Waals surface area contributed by atoms with Crippen LogP contribution in [0.15, 0.2) is 27.4 Å². The van der Waals surface area contributed by atoms with Gasteiger partial charge in [-0.2, -0.15) is 0 Å².